The van der Waals surface area contributed by atoms with E-state index in [4.69, 9.17) is 16.2 Å². The largest absolute Gasteiger partial charge is 0.495 e. The van der Waals surface area contributed by atoms with Crippen LogP contribution >= 0.6 is 0 Å². The highest BCUT2D eigenvalue weighted by molar-refractivity contribution is 5.92. The summed E-state index contributed by atoms with van der Waals surface area (Å²) in [5, 5.41) is 3.02. The van der Waals surface area contributed by atoms with Gasteiger partial charge < -0.3 is 21.5 Å². The van der Waals surface area contributed by atoms with Crippen molar-refractivity contribution in [3.05, 3.63) is 42.1 Å². The zero-order valence-electron chi connectivity index (χ0n) is 10.4. The summed E-state index contributed by atoms with van der Waals surface area (Å²) >= 11 is 0. The smallest absolute Gasteiger partial charge is 0.267 e. The first kappa shape index (κ1) is 12.7. The quantitative estimate of drug-likeness (QED) is 0.771. The maximum absolute atomic E-state index is 11.1. The van der Waals surface area contributed by atoms with Crippen molar-refractivity contribution in [3.8, 4) is 5.75 Å². The van der Waals surface area contributed by atoms with E-state index in [2.05, 4.69) is 10.3 Å². The van der Waals surface area contributed by atoms with E-state index < -0.39 is 5.91 Å². The summed E-state index contributed by atoms with van der Waals surface area (Å²) in [5.41, 5.74) is 12.3. The third-order valence-corrected chi connectivity index (χ3v) is 2.54. The first-order valence-electron chi connectivity index (χ1n) is 5.58. The Morgan fingerprint density at radius 1 is 1.26 bits per heavy atom. The number of amides is 1. The number of benzene rings is 1. The van der Waals surface area contributed by atoms with E-state index in [9.17, 15) is 4.79 Å². The van der Waals surface area contributed by atoms with Gasteiger partial charge in [-0.2, -0.15) is 0 Å². The van der Waals surface area contributed by atoms with Crippen LogP contribution in [0.25, 0.3) is 0 Å². The second-order valence-electron chi connectivity index (χ2n) is 3.82. The van der Waals surface area contributed by atoms with Crippen LogP contribution in [0.3, 0.4) is 0 Å². The lowest BCUT2D eigenvalue weighted by atomic mass is 10.2. The van der Waals surface area contributed by atoms with Crippen LogP contribution in [0.5, 0.6) is 5.75 Å². The maximum atomic E-state index is 11.1. The van der Waals surface area contributed by atoms with Crippen LogP contribution in [0.1, 0.15) is 10.5 Å². The van der Waals surface area contributed by atoms with Crippen LogP contribution in [-0.2, 0) is 0 Å². The molecule has 2 aromatic rings. The van der Waals surface area contributed by atoms with E-state index in [1.54, 1.807) is 19.2 Å². The molecule has 6 nitrogen and oxygen atoms in total. The topological polar surface area (TPSA) is 103 Å². The fourth-order valence-electron chi connectivity index (χ4n) is 1.58. The first-order valence-corrected chi connectivity index (χ1v) is 5.58. The average molecular weight is 258 g/mol. The molecule has 98 valence electrons. The molecule has 0 aliphatic carbocycles. The predicted octanol–water partition coefficient (Wildman–Crippen LogP) is 1.51. The molecular weight excluding hydrogens is 244 g/mol. The molecule has 0 aliphatic heterocycles. The minimum absolute atomic E-state index is 0.145. The molecule has 1 aromatic carbocycles. The Kier molecular flexibility index (Phi) is 3.51. The monoisotopic (exact) mass is 258 g/mol. The summed E-state index contributed by atoms with van der Waals surface area (Å²) in [6.07, 6.45) is 0. The number of methoxy groups -OCH3 is 1. The Bertz CT molecular complexity index is 613. The fraction of sp³-hybridized carbons (Fsp3) is 0.0769. The van der Waals surface area contributed by atoms with E-state index in [1.807, 2.05) is 18.2 Å². The van der Waals surface area contributed by atoms with Gasteiger partial charge in [-0.1, -0.05) is 12.1 Å². The number of ether oxygens (including phenoxy) is 1. The number of para-hydroxylation sites is 2. The number of nitrogens with two attached hydrogens (primary N) is 2. The van der Waals surface area contributed by atoms with Crippen molar-refractivity contribution in [1.82, 2.24) is 4.98 Å². The van der Waals surface area contributed by atoms with Crippen molar-refractivity contribution in [1.29, 1.82) is 0 Å². The van der Waals surface area contributed by atoms with E-state index in [0.717, 1.165) is 0 Å². The molecule has 1 heterocycles. The lowest BCUT2D eigenvalue weighted by Gasteiger charge is -2.12. The van der Waals surface area contributed by atoms with E-state index >= 15 is 0 Å². The number of rotatable bonds is 4. The van der Waals surface area contributed by atoms with Gasteiger partial charge in [0.15, 0.2) is 5.82 Å². The Hall–Kier alpha value is -2.76. The number of aromatic nitrogens is 1. The molecule has 0 unspecified atom stereocenters. The number of hydrogen-bond acceptors (Lipinski definition) is 5. The van der Waals surface area contributed by atoms with Gasteiger partial charge >= 0.3 is 0 Å². The van der Waals surface area contributed by atoms with Gasteiger partial charge in [0.1, 0.15) is 11.4 Å². The minimum atomic E-state index is -0.608. The summed E-state index contributed by atoms with van der Waals surface area (Å²) in [6.45, 7) is 0. The molecule has 0 atom stereocenters. The molecule has 0 spiro atoms. The van der Waals surface area contributed by atoms with Crippen LogP contribution in [-0.4, -0.2) is 18.0 Å². The number of hydrogen-bond donors (Lipinski definition) is 3. The van der Waals surface area contributed by atoms with Gasteiger partial charge in [0.25, 0.3) is 5.91 Å². The Morgan fingerprint density at radius 2 is 2.00 bits per heavy atom. The van der Waals surface area contributed by atoms with E-state index in [0.29, 0.717) is 22.9 Å². The zero-order valence-corrected chi connectivity index (χ0v) is 10.4. The molecule has 0 fully saturated rings. The van der Waals surface area contributed by atoms with Crippen molar-refractivity contribution in [2.75, 3.05) is 18.2 Å². The van der Waals surface area contributed by atoms with Crippen molar-refractivity contribution in [2.24, 2.45) is 5.73 Å². The SMILES string of the molecule is COc1ccccc1Nc1nc(C(N)=O)ccc1N. The van der Waals surface area contributed by atoms with Crippen LogP contribution in [0.2, 0.25) is 0 Å². The maximum Gasteiger partial charge on any atom is 0.267 e. The molecule has 0 bridgehead atoms. The number of carbonyl (C=O) groups is 1. The van der Waals surface area contributed by atoms with Crippen LogP contribution in [0.4, 0.5) is 17.2 Å². The lowest BCUT2D eigenvalue weighted by molar-refractivity contribution is 0.0996. The average Bonchev–Trinajstić information content (AvgIpc) is 2.41. The molecule has 0 saturated heterocycles. The van der Waals surface area contributed by atoms with Crippen molar-refractivity contribution < 1.29 is 9.53 Å². The van der Waals surface area contributed by atoms with E-state index in [-0.39, 0.29) is 5.69 Å². The summed E-state index contributed by atoms with van der Waals surface area (Å²) in [4.78, 5) is 15.2. The van der Waals surface area contributed by atoms with Gasteiger partial charge in [0, 0.05) is 0 Å². The number of primary amides is 1. The summed E-state index contributed by atoms with van der Waals surface area (Å²) in [5.74, 6) is 0.400. The van der Waals surface area contributed by atoms with Crippen molar-refractivity contribution in [3.63, 3.8) is 0 Å². The van der Waals surface area contributed by atoms with Crippen LogP contribution < -0.4 is 21.5 Å². The molecule has 19 heavy (non-hydrogen) atoms. The molecule has 5 N–H and O–H groups in total. The van der Waals surface area contributed by atoms with Gasteiger partial charge in [-0.25, -0.2) is 4.98 Å². The number of nitrogens with zero attached hydrogens (tertiary/aromatic N) is 1. The summed E-state index contributed by atoms with van der Waals surface area (Å²) in [7, 11) is 1.57. The van der Waals surface area contributed by atoms with Crippen LogP contribution in [0.15, 0.2) is 36.4 Å². The first-order chi connectivity index (χ1) is 9.11. The molecule has 0 aliphatic rings. The summed E-state index contributed by atoms with van der Waals surface area (Å²) in [6, 6.07) is 10.4. The number of carbonyl (C=O) groups excluding carboxylic acids is 1. The third kappa shape index (κ3) is 2.74. The third-order valence-electron chi connectivity index (χ3n) is 2.54. The van der Waals surface area contributed by atoms with Crippen molar-refractivity contribution >= 4 is 23.1 Å². The zero-order chi connectivity index (χ0) is 13.8. The van der Waals surface area contributed by atoms with Gasteiger partial charge in [0.05, 0.1) is 18.5 Å². The lowest BCUT2D eigenvalue weighted by Crippen LogP contribution is -2.14. The number of pyridine rings is 1. The second-order valence-corrected chi connectivity index (χ2v) is 3.82. The molecule has 1 amide bonds. The molecule has 1 aromatic heterocycles. The Balaban J connectivity index is 2.37. The van der Waals surface area contributed by atoms with Gasteiger partial charge in [0.2, 0.25) is 0 Å². The standard InChI is InChI=1S/C13H14N4O2/c1-19-11-5-3-2-4-9(11)16-13-8(14)6-7-10(17-13)12(15)18/h2-7H,14H2,1H3,(H2,15,18)(H,16,17). The Labute approximate surface area is 110 Å². The molecule has 0 radical (unpaired) electrons. The number of nitrogen functional groups attached to an aromatic ring is 1. The predicted molar refractivity (Wildman–Crippen MR) is 73.4 cm³/mol. The number of nitrogens with one attached hydrogen (secondary N) is 1. The highest BCUT2D eigenvalue weighted by atomic mass is 16.5. The molecular formula is C13H14N4O2. The number of anilines is 3. The highest BCUT2D eigenvalue weighted by Gasteiger charge is 2.09. The van der Waals surface area contributed by atoms with Gasteiger partial charge in [-0.15, -0.1) is 0 Å². The molecule has 0 saturated carbocycles. The minimum Gasteiger partial charge on any atom is -0.495 e. The van der Waals surface area contributed by atoms with Crippen LogP contribution in [0, 0.1) is 0 Å². The Morgan fingerprint density at radius 3 is 2.68 bits per heavy atom. The van der Waals surface area contributed by atoms with Crippen molar-refractivity contribution in [2.45, 2.75) is 0 Å². The molecule has 2 rings (SSSR count). The van der Waals surface area contributed by atoms with Gasteiger partial charge in [-0.3, -0.25) is 4.79 Å². The normalized spacial score (nSPS) is 9.95. The van der Waals surface area contributed by atoms with Gasteiger partial charge in [-0.05, 0) is 24.3 Å². The summed E-state index contributed by atoms with van der Waals surface area (Å²) < 4.78 is 5.21. The second kappa shape index (κ2) is 5.26. The molecule has 6 heteroatoms. The van der Waals surface area contributed by atoms with E-state index in [1.165, 1.54) is 6.07 Å². The highest BCUT2D eigenvalue weighted by Crippen LogP contribution is 2.28. The fourth-order valence-corrected chi connectivity index (χ4v) is 1.58.